The summed E-state index contributed by atoms with van der Waals surface area (Å²) >= 11 is 0. The van der Waals surface area contributed by atoms with E-state index in [1.54, 1.807) is 5.57 Å². The smallest absolute Gasteiger partial charge is 0.171 e. The molecule has 1 N–H and O–H groups in total. The lowest BCUT2D eigenvalue weighted by Gasteiger charge is -2.58. The molecule has 30 heavy (non-hydrogen) atoms. The highest BCUT2D eigenvalue weighted by Crippen LogP contribution is 2.70. The van der Waals surface area contributed by atoms with Crippen LogP contribution >= 0.6 is 0 Å². The molecule has 3 saturated carbocycles. The number of hydrogen-bond acceptors (Lipinski definition) is 3. The summed E-state index contributed by atoms with van der Waals surface area (Å²) in [6, 6.07) is 0. The number of fused-ring (bicyclic) bond motifs is 7. The summed E-state index contributed by atoms with van der Waals surface area (Å²) in [4.78, 5) is 0. The molecule has 3 nitrogen and oxygen atoms in total. The second-order valence-electron chi connectivity index (χ2n) is 12.7. The third-order valence-electron chi connectivity index (χ3n) is 11.3. The molecule has 4 aliphatic carbocycles. The van der Waals surface area contributed by atoms with Crippen molar-refractivity contribution >= 4 is 0 Å². The van der Waals surface area contributed by atoms with Crippen LogP contribution in [0.3, 0.4) is 0 Å². The highest BCUT2D eigenvalue weighted by Gasteiger charge is 2.68. The van der Waals surface area contributed by atoms with Crippen molar-refractivity contribution in [2.24, 2.45) is 46.3 Å². The number of hydrogen-bond donors (Lipinski definition) is 1. The molecular formula is C27H42O3. The fraction of sp³-hybridized carbons (Fsp3) is 0.926. The van der Waals surface area contributed by atoms with Crippen LogP contribution in [-0.4, -0.2) is 29.7 Å². The van der Waals surface area contributed by atoms with E-state index in [-0.39, 0.29) is 11.9 Å². The van der Waals surface area contributed by atoms with E-state index in [4.69, 9.17) is 9.47 Å². The Balaban J connectivity index is 1.28. The van der Waals surface area contributed by atoms with E-state index in [0.717, 1.165) is 43.6 Å². The lowest BCUT2D eigenvalue weighted by atomic mass is 9.47. The van der Waals surface area contributed by atoms with E-state index in [2.05, 4.69) is 33.8 Å². The molecule has 0 bridgehead atoms. The average molecular weight is 415 g/mol. The quantitative estimate of drug-likeness (QED) is 0.516. The molecular weight excluding hydrogens is 372 g/mol. The van der Waals surface area contributed by atoms with Crippen LogP contribution in [0.4, 0.5) is 0 Å². The van der Waals surface area contributed by atoms with Gasteiger partial charge in [0.15, 0.2) is 5.79 Å². The molecule has 0 amide bonds. The molecule has 0 aromatic rings. The zero-order valence-electron chi connectivity index (χ0n) is 19.5. The molecule has 6 aliphatic rings. The van der Waals surface area contributed by atoms with Crippen LogP contribution in [0.2, 0.25) is 0 Å². The Labute approximate surface area is 183 Å². The van der Waals surface area contributed by atoms with E-state index in [0.29, 0.717) is 34.7 Å². The normalized spacial score (nSPS) is 59.8. The lowest BCUT2D eigenvalue weighted by molar-refractivity contribution is -0.272. The summed E-state index contributed by atoms with van der Waals surface area (Å²) in [5, 5.41) is 10.3. The molecule has 2 heterocycles. The molecule has 6 rings (SSSR count). The van der Waals surface area contributed by atoms with Crippen LogP contribution in [0.15, 0.2) is 11.6 Å². The van der Waals surface area contributed by atoms with Crippen LogP contribution in [0.5, 0.6) is 0 Å². The van der Waals surface area contributed by atoms with Crippen molar-refractivity contribution in [2.75, 3.05) is 6.61 Å². The average Bonchev–Trinajstić information content (AvgIpc) is 3.16. The van der Waals surface area contributed by atoms with Crippen molar-refractivity contribution in [3.63, 3.8) is 0 Å². The summed E-state index contributed by atoms with van der Waals surface area (Å²) in [6.07, 6.45) is 13.5. The summed E-state index contributed by atoms with van der Waals surface area (Å²) < 4.78 is 13.3. The standard InChI is InChI=1S/C27H42O3/c1-16-7-12-27(29-15-16)17(2)24-23(30-27)14-22-20-6-5-18-13-19(28)8-10-25(18,3)21(20)9-11-26(22,24)4/h5,16-17,19-24,28H,6-15H2,1-4H3/t16?,17-,19-,20?,21?,22?,23-,24?,25-,26-,27+/m0/s1. The van der Waals surface area contributed by atoms with Gasteiger partial charge in [0, 0.05) is 12.3 Å². The van der Waals surface area contributed by atoms with Gasteiger partial charge in [-0.15, -0.1) is 0 Å². The maximum atomic E-state index is 10.3. The Morgan fingerprint density at radius 3 is 2.63 bits per heavy atom. The molecule has 3 heteroatoms. The maximum Gasteiger partial charge on any atom is 0.171 e. The zero-order chi connectivity index (χ0) is 20.9. The molecule has 2 saturated heterocycles. The third-order valence-corrected chi connectivity index (χ3v) is 11.3. The van der Waals surface area contributed by atoms with Crippen LogP contribution in [-0.2, 0) is 9.47 Å². The predicted octanol–water partition coefficient (Wildman–Crippen LogP) is 5.71. The number of rotatable bonds is 0. The van der Waals surface area contributed by atoms with Crippen molar-refractivity contribution in [1.29, 1.82) is 0 Å². The molecule has 0 radical (unpaired) electrons. The van der Waals surface area contributed by atoms with Gasteiger partial charge < -0.3 is 14.6 Å². The van der Waals surface area contributed by atoms with Crippen molar-refractivity contribution in [3.8, 4) is 0 Å². The SMILES string of the molecule is CC1CC[C@@]2(OC1)O[C@H]1CC3C4CC=C5C[C@@H](O)CC[C@]5(C)C4CC[C@]3(C)C1[C@@H]2C. The minimum atomic E-state index is -0.294. The van der Waals surface area contributed by atoms with Crippen molar-refractivity contribution in [1.82, 2.24) is 0 Å². The fourth-order valence-corrected chi connectivity index (χ4v) is 9.66. The van der Waals surface area contributed by atoms with Gasteiger partial charge in [-0.3, -0.25) is 0 Å². The maximum absolute atomic E-state index is 10.3. The highest BCUT2D eigenvalue weighted by atomic mass is 16.7. The van der Waals surface area contributed by atoms with E-state index >= 15 is 0 Å². The largest absolute Gasteiger partial charge is 0.393 e. The molecule has 5 fully saturated rings. The van der Waals surface area contributed by atoms with E-state index < -0.39 is 0 Å². The van der Waals surface area contributed by atoms with Crippen LogP contribution in [0, 0.1) is 46.3 Å². The number of aliphatic hydroxyl groups is 1. The fourth-order valence-electron chi connectivity index (χ4n) is 9.66. The first-order valence-electron chi connectivity index (χ1n) is 13.0. The Morgan fingerprint density at radius 1 is 1.03 bits per heavy atom. The molecule has 0 aromatic carbocycles. The van der Waals surface area contributed by atoms with Gasteiger partial charge in [0.25, 0.3) is 0 Å². The van der Waals surface area contributed by atoms with Gasteiger partial charge in [0.2, 0.25) is 0 Å². The van der Waals surface area contributed by atoms with Gasteiger partial charge >= 0.3 is 0 Å². The minimum Gasteiger partial charge on any atom is -0.393 e. The van der Waals surface area contributed by atoms with Crippen molar-refractivity contribution in [2.45, 2.75) is 103 Å². The van der Waals surface area contributed by atoms with E-state index in [1.165, 1.54) is 38.5 Å². The summed E-state index contributed by atoms with van der Waals surface area (Å²) in [5.74, 6) is 3.94. The van der Waals surface area contributed by atoms with Crippen molar-refractivity contribution < 1.29 is 14.6 Å². The topological polar surface area (TPSA) is 38.7 Å². The Morgan fingerprint density at radius 2 is 1.87 bits per heavy atom. The summed E-state index contributed by atoms with van der Waals surface area (Å²) in [6.45, 7) is 10.8. The predicted molar refractivity (Wildman–Crippen MR) is 118 cm³/mol. The summed E-state index contributed by atoms with van der Waals surface area (Å²) in [7, 11) is 0. The number of ether oxygens (including phenoxy) is 2. The third kappa shape index (κ3) is 2.55. The monoisotopic (exact) mass is 414 g/mol. The first kappa shape index (κ1) is 20.2. The van der Waals surface area contributed by atoms with Crippen LogP contribution in [0.25, 0.3) is 0 Å². The van der Waals surface area contributed by atoms with Crippen LogP contribution < -0.4 is 0 Å². The second kappa shape index (κ2) is 6.58. The molecule has 1 spiro atoms. The summed E-state index contributed by atoms with van der Waals surface area (Å²) in [5.41, 5.74) is 2.31. The Bertz CT molecular complexity index is 736. The number of allylic oxidation sites excluding steroid dienone is 1. The van der Waals surface area contributed by atoms with Gasteiger partial charge in [0.05, 0.1) is 18.8 Å². The van der Waals surface area contributed by atoms with Crippen molar-refractivity contribution in [3.05, 3.63) is 11.6 Å². The minimum absolute atomic E-state index is 0.107. The van der Waals surface area contributed by atoms with Gasteiger partial charge in [-0.1, -0.05) is 39.3 Å². The van der Waals surface area contributed by atoms with Gasteiger partial charge in [-0.25, -0.2) is 0 Å². The molecule has 168 valence electrons. The van der Waals surface area contributed by atoms with Gasteiger partial charge in [-0.2, -0.15) is 0 Å². The lowest BCUT2D eigenvalue weighted by Crippen LogP contribution is -2.52. The first-order chi connectivity index (χ1) is 14.3. The highest BCUT2D eigenvalue weighted by molar-refractivity contribution is 5.26. The zero-order valence-corrected chi connectivity index (χ0v) is 19.5. The molecule has 11 atom stereocenters. The Kier molecular flexibility index (Phi) is 4.44. The Hall–Kier alpha value is -0.380. The van der Waals surface area contributed by atoms with E-state index in [1.807, 2.05) is 0 Å². The molecule has 0 aromatic heterocycles. The number of aliphatic hydroxyl groups excluding tert-OH is 1. The van der Waals surface area contributed by atoms with Crippen LogP contribution in [0.1, 0.15) is 85.5 Å². The second-order valence-corrected chi connectivity index (χ2v) is 12.7. The van der Waals surface area contributed by atoms with Gasteiger partial charge in [-0.05, 0) is 91.8 Å². The van der Waals surface area contributed by atoms with Gasteiger partial charge in [0.1, 0.15) is 0 Å². The molecule has 5 unspecified atom stereocenters. The first-order valence-corrected chi connectivity index (χ1v) is 13.0. The molecule has 2 aliphatic heterocycles. The van der Waals surface area contributed by atoms with E-state index in [9.17, 15) is 5.11 Å².